The van der Waals surface area contributed by atoms with Gasteiger partial charge < -0.3 is 13.3 Å². The topological polar surface area (TPSA) is 65.1 Å². The van der Waals surface area contributed by atoms with E-state index >= 15 is 0 Å². The van der Waals surface area contributed by atoms with E-state index in [1.54, 1.807) is 6.07 Å². The zero-order chi connectivity index (χ0) is 33.3. The minimum absolute atomic E-state index is 0.0323. The fraction of sp³-hybridized carbons (Fsp3) is 0.412. The molecule has 1 fully saturated rings. The summed E-state index contributed by atoms with van der Waals surface area (Å²) in [4.78, 5) is 3.28. The normalized spacial score (nSPS) is 15.2. The molecule has 248 valence electrons. The molecule has 4 aromatic rings. The van der Waals surface area contributed by atoms with Crippen LogP contribution >= 0.6 is 11.3 Å². The molecule has 0 atom stereocenters. The quantitative estimate of drug-likeness (QED) is 0.0938. The van der Waals surface area contributed by atoms with E-state index in [9.17, 15) is 21.6 Å². The van der Waals surface area contributed by atoms with Crippen molar-refractivity contribution >= 4 is 39.9 Å². The van der Waals surface area contributed by atoms with Crippen LogP contribution in [0.15, 0.2) is 66.7 Å². The minimum atomic E-state index is -5.81. The van der Waals surface area contributed by atoms with Crippen LogP contribution in [0.4, 0.5) is 13.2 Å². The number of piperidine rings is 1. The average Bonchev–Trinajstić information content (AvgIpc) is 3.35. The summed E-state index contributed by atoms with van der Waals surface area (Å²) in [6.45, 7) is 14.5. The van der Waals surface area contributed by atoms with E-state index in [2.05, 4.69) is 42.9 Å². The van der Waals surface area contributed by atoms with Gasteiger partial charge in [0.25, 0.3) is 0 Å². The third-order valence-electron chi connectivity index (χ3n) is 8.69. The zero-order valence-corrected chi connectivity index (χ0v) is 29.4. The number of benzene rings is 3. The Bertz CT molecular complexity index is 1780. The highest BCUT2D eigenvalue weighted by molar-refractivity contribution is 7.88. The summed E-state index contributed by atoms with van der Waals surface area (Å²) in [6, 6.07) is 19.8. The largest absolute Gasteiger partial charge is 0.544 e. The molecular formula is C34H40F3NO5S2Si. The Balaban J connectivity index is 1.51. The molecule has 1 aliphatic rings. The Morgan fingerprint density at radius 1 is 0.848 bits per heavy atom. The molecule has 0 aliphatic carbocycles. The predicted molar refractivity (Wildman–Crippen MR) is 182 cm³/mol. The molecule has 0 amide bonds. The summed E-state index contributed by atoms with van der Waals surface area (Å²) in [6.07, 6.45) is 3.69. The number of halogens is 3. The van der Waals surface area contributed by atoms with Gasteiger partial charge in [-0.1, -0.05) is 39.3 Å². The smallest absolute Gasteiger partial charge is 0.534 e. The van der Waals surface area contributed by atoms with Crippen molar-refractivity contribution in [1.82, 2.24) is 4.90 Å². The van der Waals surface area contributed by atoms with Gasteiger partial charge >= 0.3 is 15.6 Å². The highest BCUT2D eigenvalue weighted by Crippen LogP contribution is 2.47. The van der Waals surface area contributed by atoms with E-state index in [0.29, 0.717) is 17.1 Å². The molecule has 0 spiro atoms. The van der Waals surface area contributed by atoms with Gasteiger partial charge in [0.1, 0.15) is 23.9 Å². The van der Waals surface area contributed by atoms with E-state index in [4.69, 9.17) is 9.16 Å². The number of hydrogen-bond acceptors (Lipinski definition) is 7. The lowest BCUT2D eigenvalue weighted by Gasteiger charge is -2.36. The van der Waals surface area contributed by atoms with E-state index in [-0.39, 0.29) is 5.04 Å². The van der Waals surface area contributed by atoms with Crippen LogP contribution in [-0.4, -0.2) is 53.4 Å². The van der Waals surface area contributed by atoms with E-state index in [0.717, 1.165) is 52.3 Å². The van der Waals surface area contributed by atoms with Gasteiger partial charge in [-0.25, -0.2) is 0 Å². The SMILES string of the molecule is CC(C)(C)[Si](C)(C)Oc1ccc(-c2sc3cc(OS(=O)(=O)C(F)(F)F)ccc3c2-c2cccc(OCCN3CCCCC3)c2)cc1. The summed E-state index contributed by atoms with van der Waals surface area (Å²) < 4.78 is 80.2. The summed E-state index contributed by atoms with van der Waals surface area (Å²) in [7, 11) is -7.86. The second kappa shape index (κ2) is 13.2. The highest BCUT2D eigenvalue weighted by atomic mass is 32.2. The van der Waals surface area contributed by atoms with Crippen molar-refractivity contribution in [3.63, 3.8) is 0 Å². The van der Waals surface area contributed by atoms with Gasteiger partial charge in [0.05, 0.1) is 0 Å². The van der Waals surface area contributed by atoms with Crippen LogP contribution in [-0.2, 0) is 10.1 Å². The maximum absolute atomic E-state index is 13.0. The summed E-state index contributed by atoms with van der Waals surface area (Å²) in [5.74, 6) is 1.08. The van der Waals surface area contributed by atoms with Crippen molar-refractivity contribution in [2.24, 2.45) is 0 Å². The van der Waals surface area contributed by atoms with Crippen molar-refractivity contribution in [2.75, 3.05) is 26.2 Å². The Labute approximate surface area is 274 Å². The fourth-order valence-electron chi connectivity index (χ4n) is 5.13. The molecule has 12 heteroatoms. The van der Waals surface area contributed by atoms with E-state index in [1.807, 2.05) is 48.5 Å². The molecule has 6 nitrogen and oxygen atoms in total. The van der Waals surface area contributed by atoms with Gasteiger partial charge in [-0.05, 0) is 110 Å². The number of thiophene rings is 1. The molecule has 1 aromatic heterocycles. The van der Waals surface area contributed by atoms with Gasteiger partial charge in [-0.3, -0.25) is 4.90 Å². The molecule has 1 aliphatic heterocycles. The number of likely N-dealkylation sites (tertiary alicyclic amines) is 1. The van der Waals surface area contributed by atoms with Crippen molar-refractivity contribution in [1.29, 1.82) is 0 Å². The van der Waals surface area contributed by atoms with Crippen LogP contribution in [0.3, 0.4) is 0 Å². The second-order valence-corrected chi connectivity index (χ2v) is 20.4. The zero-order valence-electron chi connectivity index (χ0n) is 26.7. The third kappa shape index (κ3) is 7.72. The maximum atomic E-state index is 13.0. The van der Waals surface area contributed by atoms with Gasteiger partial charge in [0.2, 0.25) is 8.32 Å². The van der Waals surface area contributed by atoms with Crippen LogP contribution < -0.4 is 13.3 Å². The van der Waals surface area contributed by atoms with Gasteiger partial charge in [-0.15, -0.1) is 11.3 Å². The van der Waals surface area contributed by atoms with E-state index < -0.39 is 29.7 Å². The number of alkyl halides is 3. The van der Waals surface area contributed by atoms with Gasteiger partial charge in [0.15, 0.2) is 0 Å². The summed E-state index contributed by atoms with van der Waals surface area (Å²) in [5, 5.41) is 0.786. The third-order valence-corrected chi connectivity index (χ3v) is 15.2. The molecule has 5 rings (SSSR count). The first-order chi connectivity index (χ1) is 21.5. The first kappa shape index (κ1) is 34.3. The van der Waals surface area contributed by atoms with Crippen molar-refractivity contribution in [2.45, 2.75) is 63.7 Å². The fourth-order valence-corrected chi connectivity index (χ4v) is 7.87. The highest BCUT2D eigenvalue weighted by Gasteiger charge is 2.48. The Morgan fingerprint density at radius 3 is 2.17 bits per heavy atom. The van der Waals surface area contributed by atoms with Gasteiger partial charge in [0, 0.05) is 27.1 Å². The lowest BCUT2D eigenvalue weighted by atomic mass is 9.98. The number of ether oxygens (including phenoxy) is 1. The van der Waals surface area contributed by atoms with E-state index in [1.165, 1.54) is 42.7 Å². The second-order valence-electron chi connectivity index (χ2n) is 13.1. The molecule has 0 radical (unpaired) electrons. The summed E-state index contributed by atoms with van der Waals surface area (Å²) in [5.41, 5.74) is -2.91. The Hall–Kier alpha value is -3.06. The minimum Gasteiger partial charge on any atom is -0.544 e. The number of fused-ring (bicyclic) bond motifs is 1. The number of hydrogen-bond donors (Lipinski definition) is 0. The molecule has 1 saturated heterocycles. The predicted octanol–water partition coefficient (Wildman–Crippen LogP) is 9.71. The maximum Gasteiger partial charge on any atom is 0.534 e. The van der Waals surface area contributed by atoms with Crippen molar-refractivity contribution < 1.29 is 34.9 Å². The molecule has 0 saturated carbocycles. The number of rotatable bonds is 10. The molecule has 0 unspecified atom stereocenters. The molecule has 46 heavy (non-hydrogen) atoms. The molecule has 2 heterocycles. The first-order valence-corrected chi connectivity index (χ1v) is 20.5. The van der Waals surface area contributed by atoms with Crippen LogP contribution in [0.1, 0.15) is 40.0 Å². The average molecular weight is 692 g/mol. The van der Waals surface area contributed by atoms with Crippen molar-refractivity contribution in [3.05, 3.63) is 66.7 Å². The molecule has 0 N–H and O–H groups in total. The monoisotopic (exact) mass is 691 g/mol. The Morgan fingerprint density at radius 2 is 1.52 bits per heavy atom. The van der Waals surface area contributed by atoms with Gasteiger partial charge in [-0.2, -0.15) is 21.6 Å². The number of nitrogens with zero attached hydrogens (tertiary/aromatic N) is 1. The van der Waals surface area contributed by atoms with Crippen LogP contribution in [0.5, 0.6) is 17.2 Å². The lowest BCUT2D eigenvalue weighted by Crippen LogP contribution is -2.43. The van der Waals surface area contributed by atoms with Crippen LogP contribution in [0.2, 0.25) is 18.1 Å². The standard InChI is InChI=1S/C34H40F3NO5S2Si/c1-33(2,3)46(4,5)43-26-14-12-24(13-15-26)32-31(25-10-9-11-27(22-25)41-21-20-38-18-7-6-8-19-38)29-17-16-28(23-30(29)44-32)42-45(39,40)34(35,36)37/h9-17,22-23H,6-8,18-21H2,1-5H3. The lowest BCUT2D eigenvalue weighted by molar-refractivity contribution is -0.0500. The van der Waals surface area contributed by atoms with Crippen LogP contribution in [0, 0.1) is 0 Å². The van der Waals surface area contributed by atoms with Crippen molar-refractivity contribution in [3.8, 4) is 38.8 Å². The first-order valence-electron chi connectivity index (χ1n) is 15.4. The molecular weight excluding hydrogens is 652 g/mol. The molecule has 3 aromatic carbocycles. The summed E-state index contributed by atoms with van der Waals surface area (Å²) >= 11 is 1.35. The van der Waals surface area contributed by atoms with Crippen LogP contribution in [0.25, 0.3) is 31.7 Å². The Kier molecular flexibility index (Phi) is 9.84. The molecule has 0 bridgehead atoms.